The van der Waals surface area contributed by atoms with Gasteiger partial charge in [-0.2, -0.15) is 0 Å². The fourth-order valence-electron chi connectivity index (χ4n) is 2.36. The van der Waals surface area contributed by atoms with Gasteiger partial charge in [0, 0.05) is 35.7 Å². The van der Waals surface area contributed by atoms with Crippen molar-refractivity contribution in [3.63, 3.8) is 0 Å². The molecule has 0 fully saturated rings. The Balaban J connectivity index is 1.82. The van der Waals surface area contributed by atoms with Crippen molar-refractivity contribution in [3.8, 4) is 11.3 Å². The summed E-state index contributed by atoms with van der Waals surface area (Å²) in [5, 5.41) is 0.505. The predicted molar refractivity (Wildman–Crippen MR) is 103 cm³/mol. The lowest BCUT2D eigenvalue weighted by atomic mass is 10.1. The van der Waals surface area contributed by atoms with Crippen molar-refractivity contribution in [2.45, 2.75) is 18.4 Å². The van der Waals surface area contributed by atoms with Crippen LogP contribution < -0.4 is 4.72 Å². The molecule has 2 aromatic heterocycles. The lowest BCUT2D eigenvalue weighted by Gasteiger charge is -2.11. The number of nitrogens with one attached hydrogen (secondary N) is 1. The Hall–Kier alpha value is -1.99. The molecule has 134 valence electrons. The first kappa shape index (κ1) is 18.8. The average Bonchev–Trinajstić information content (AvgIpc) is 2.64. The first-order chi connectivity index (χ1) is 12.4. The normalized spacial score (nSPS) is 11.5. The molecule has 0 saturated carbocycles. The number of aromatic nitrogens is 2. The van der Waals surface area contributed by atoms with Gasteiger partial charge in [0.2, 0.25) is 10.0 Å². The Kier molecular flexibility index (Phi) is 5.58. The lowest BCUT2D eigenvalue weighted by molar-refractivity contribution is 0.581. The van der Waals surface area contributed by atoms with Crippen LogP contribution >= 0.6 is 23.2 Å². The fraction of sp³-hybridized carbons (Fsp3) is 0.111. The minimum absolute atomic E-state index is 0.00415. The number of halogens is 2. The molecule has 1 aromatic carbocycles. The predicted octanol–water partition coefficient (Wildman–Crippen LogP) is 4.24. The molecular formula is C18H15Cl2N3O2S. The second-order valence-corrected chi connectivity index (χ2v) is 8.19. The minimum atomic E-state index is -3.78. The maximum absolute atomic E-state index is 12.6. The topological polar surface area (TPSA) is 72.0 Å². The van der Waals surface area contributed by atoms with E-state index in [1.54, 1.807) is 31.6 Å². The van der Waals surface area contributed by atoms with Gasteiger partial charge in [-0.25, -0.2) is 13.1 Å². The second kappa shape index (κ2) is 7.72. The molecule has 0 unspecified atom stereocenters. The first-order valence-corrected chi connectivity index (χ1v) is 9.91. The molecule has 3 aromatic rings. The molecule has 8 heteroatoms. The third-order valence-corrected chi connectivity index (χ3v) is 6.04. The number of nitrogens with zero attached hydrogens (tertiary/aromatic N) is 2. The van der Waals surface area contributed by atoms with Gasteiger partial charge in [0.1, 0.15) is 4.90 Å². The van der Waals surface area contributed by atoms with Gasteiger partial charge in [-0.1, -0.05) is 23.2 Å². The summed E-state index contributed by atoms with van der Waals surface area (Å²) in [5.74, 6) is 0. The molecule has 0 aliphatic carbocycles. The van der Waals surface area contributed by atoms with Crippen LogP contribution in [0, 0.1) is 6.92 Å². The molecule has 0 saturated heterocycles. The van der Waals surface area contributed by atoms with Gasteiger partial charge in [0.15, 0.2) is 0 Å². The van der Waals surface area contributed by atoms with Crippen molar-refractivity contribution in [3.05, 3.63) is 76.2 Å². The third kappa shape index (κ3) is 4.22. The molecule has 0 atom stereocenters. The molecule has 0 spiro atoms. The van der Waals surface area contributed by atoms with Gasteiger partial charge in [0.05, 0.1) is 10.7 Å². The average molecular weight is 408 g/mol. The van der Waals surface area contributed by atoms with Crippen LogP contribution in [-0.4, -0.2) is 18.4 Å². The highest BCUT2D eigenvalue weighted by Gasteiger charge is 2.19. The number of hydrogen-bond acceptors (Lipinski definition) is 4. The van der Waals surface area contributed by atoms with E-state index in [0.717, 1.165) is 16.8 Å². The van der Waals surface area contributed by atoms with Gasteiger partial charge in [-0.05, 0) is 54.4 Å². The van der Waals surface area contributed by atoms with Crippen LogP contribution in [-0.2, 0) is 16.6 Å². The zero-order chi connectivity index (χ0) is 18.7. The largest absolute Gasteiger partial charge is 0.265 e. The molecule has 0 amide bonds. The summed E-state index contributed by atoms with van der Waals surface area (Å²) in [4.78, 5) is 8.29. The van der Waals surface area contributed by atoms with Crippen molar-refractivity contribution in [1.29, 1.82) is 0 Å². The van der Waals surface area contributed by atoms with Crippen molar-refractivity contribution in [1.82, 2.24) is 14.7 Å². The van der Waals surface area contributed by atoms with E-state index in [4.69, 9.17) is 23.2 Å². The molecule has 0 aliphatic rings. The number of pyridine rings is 2. The Labute approximate surface area is 162 Å². The lowest BCUT2D eigenvalue weighted by Crippen LogP contribution is -2.23. The van der Waals surface area contributed by atoms with E-state index in [1.165, 1.54) is 12.1 Å². The first-order valence-electron chi connectivity index (χ1n) is 7.67. The highest BCUT2D eigenvalue weighted by molar-refractivity contribution is 7.89. The summed E-state index contributed by atoms with van der Waals surface area (Å²) in [6.07, 6.45) is 4.99. The minimum Gasteiger partial charge on any atom is -0.265 e. The zero-order valence-electron chi connectivity index (χ0n) is 13.8. The monoisotopic (exact) mass is 407 g/mol. The highest BCUT2D eigenvalue weighted by Crippen LogP contribution is 2.28. The van der Waals surface area contributed by atoms with Crippen molar-refractivity contribution < 1.29 is 8.42 Å². The standard InChI is InChI=1S/C18H15Cl2N3O2S/c1-12-8-18(16(20)10-15(12)19)26(24,25)23-11-13-2-7-22-17(9-13)14-3-5-21-6-4-14/h2-10,23H,11H2,1H3. The van der Waals surface area contributed by atoms with E-state index < -0.39 is 10.0 Å². The van der Waals surface area contributed by atoms with Gasteiger partial charge in [-0.15, -0.1) is 0 Å². The molecule has 5 nitrogen and oxygen atoms in total. The summed E-state index contributed by atoms with van der Waals surface area (Å²) < 4.78 is 27.7. The van der Waals surface area contributed by atoms with E-state index in [2.05, 4.69) is 14.7 Å². The van der Waals surface area contributed by atoms with E-state index >= 15 is 0 Å². The van der Waals surface area contributed by atoms with Crippen molar-refractivity contribution in [2.24, 2.45) is 0 Å². The molecule has 3 rings (SSSR count). The van der Waals surface area contributed by atoms with Crippen LogP contribution in [0.1, 0.15) is 11.1 Å². The number of sulfonamides is 1. The van der Waals surface area contributed by atoms with Crippen LogP contribution in [0.15, 0.2) is 59.9 Å². The molecule has 26 heavy (non-hydrogen) atoms. The Morgan fingerprint density at radius 1 is 1.00 bits per heavy atom. The summed E-state index contributed by atoms with van der Waals surface area (Å²) >= 11 is 12.0. The summed E-state index contributed by atoms with van der Waals surface area (Å²) in [7, 11) is -3.78. The van der Waals surface area contributed by atoms with Crippen LogP contribution in [0.4, 0.5) is 0 Å². The fourth-order valence-corrected chi connectivity index (χ4v) is 4.21. The smallest absolute Gasteiger partial charge is 0.242 e. The molecule has 0 aliphatic heterocycles. The summed E-state index contributed by atoms with van der Waals surface area (Å²) in [6, 6.07) is 10.1. The van der Waals surface area contributed by atoms with Crippen LogP contribution in [0.3, 0.4) is 0 Å². The molecule has 0 radical (unpaired) electrons. The van der Waals surface area contributed by atoms with E-state index in [0.29, 0.717) is 10.6 Å². The van der Waals surface area contributed by atoms with Gasteiger partial charge < -0.3 is 0 Å². The van der Waals surface area contributed by atoms with Crippen LogP contribution in [0.5, 0.6) is 0 Å². The second-order valence-electron chi connectivity index (χ2n) is 5.64. The van der Waals surface area contributed by atoms with Gasteiger partial charge in [-0.3, -0.25) is 9.97 Å². The number of benzene rings is 1. The van der Waals surface area contributed by atoms with E-state index in [1.807, 2.05) is 18.2 Å². The molecule has 1 N–H and O–H groups in total. The highest BCUT2D eigenvalue weighted by atomic mass is 35.5. The summed E-state index contributed by atoms with van der Waals surface area (Å²) in [6.45, 7) is 1.84. The number of rotatable bonds is 5. The maximum Gasteiger partial charge on any atom is 0.242 e. The van der Waals surface area contributed by atoms with Gasteiger partial charge in [0.25, 0.3) is 0 Å². The van der Waals surface area contributed by atoms with Crippen LogP contribution in [0.25, 0.3) is 11.3 Å². The molecular weight excluding hydrogens is 393 g/mol. The van der Waals surface area contributed by atoms with Crippen LogP contribution in [0.2, 0.25) is 10.0 Å². The quantitative estimate of drug-likeness (QED) is 0.686. The van der Waals surface area contributed by atoms with E-state index in [-0.39, 0.29) is 16.5 Å². The summed E-state index contributed by atoms with van der Waals surface area (Å²) in [5.41, 5.74) is 3.06. The van der Waals surface area contributed by atoms with Crippen molar-refractivity contribution in [2.75, 3.05) is 0 Å². The zero-order valence-corrected chi connectivity index (χ0v) is 16.1. The third-order valence-electron chi connectivity index (χ3n) is 3.77. The van der Waals surface area contributed by atoms with Crippen molar-refractivity contribution >= 4 is 33.2 Å². The van der Waals surface area contributed by atoms with E-state index in [9.17, 15) is 8.42 Å². The SMILES string of the molecule is Cc1cc(S(=O)(=O)NCc2ccnc(-c3ccncc3)c2)c(Cl)cc1Cl. The molecule has 0 bridgehead atoms. The number of hydrogen-bond donors (Lipinski definition) is 1. The van der Waals surface area contributed by atoms with Gasteiger partial charge >= 0.3 is 0 Å². The Morgan fingerprint density at radius 2 is 1.73 bits per heavy atom. The number of aryl methyl sites for hydroxylation is 1. The maximum atomic E-state index is 12.6. The molecule has 2 heterocycles. The Morgan fingerprint density at radius 3 is 2.46 bits per heavy atom. The Bertz CT molecular complexity index is 1040.